The smallest absolute Gasteiger partial charge is 0.348 e. The summed E-state index contributed by atoms with van der Waals surface area (Å²) in [6.45, 7) is 1.60. The van der Waals surface area contributed by atoms with Crippen LogP contribution in [0.4, 0.5) is 5.95 Å². The van der Waals surface area contributed by atoms with Crippen molar-refractivity contribution in [2.45, 2.75) is 19.4 Å². The highest BCUT2D eigenvalue weighted by Crippen LogP contribution is 2.33. The van der Waals surface area contributed by atoms with Crippen molar-refractivity contribution in [2.75, 3.05) is 7.11 Å². The van der Waals surface area contributed by atoms with E-state index >= 15 is 0 Å². The zero-order chi connectivity index (χ0) is 18.3. The molecule has 8 heteroatoms. The predicted octanol–water partition coefficient (Wildman–Crippen LogP) is 2.37. The average molecular weight is 352 g/mol. The molecule has 1 aromatic carbocycles. The number of methoxy groups -OCH3 is 1. The summed E-state index contributed by atoms with van der Waals surface area (Å²) in [5, 5.41) is 14.5. The summed E-state index contributed by atoms with van der Waals surface area (Å²) in [6, 6.07) is 8.75. The maximum absolute atomic E-state index is 12.3. The Morgan fingerprint density at radius 3 is 2.77 bits per heavy atom. The Kier molecular flexibility index (Phi) is 3.80. The molecule has 0 saturated carbocycles. The summed E-state index contributed by atoms with van der Waals surface area (Å²) >= 11 is 0. The molecule has 3 aromatic rings. The van der Waals surface area contributed by atoms with Crippen molar-refractivity contribution in [1.82, 2.24) is 14.8 Å². The van der Waals surface area contributed by atoms with E-state index in [4.69, 9.17) is 9.15 Å². The van der Waals surface area contributed by atoms with Gasteiger partial charge in [-0.25, -0.2) is 14.5 Å². The van der Waals surface area contributed by atoms with Gasteiger partial charge in [0.15, 0.2) is 0 Å². The van der Waals surface area contributed by atoms with E-state index in [1.165, 1.54) is 12.4 Å². The zero-order valence-corrected chi connectivity index (χ0v) is 14.2. The van der Waals surface area contributed by atoms with Crippen molar-refractivity contribution in [1.29, 1.82) is 0 Å². The first-order valence-corrected chi connectivity index (χ1v) is 8.02. The first-order chi connectivity index (χ1) is 12.6. The number of aromatic nitrogens is 3. The van der Waals surface area contributed by atoms with E-state index in [1.54, 1.807) is 18.7 Å². The fraction of sp³-hybridized carbons (Fsp3) is 0.222. The van der Waals surface area contributed by atoms with Crippen LogP contribution in [0.25, 0.3) is 0 Å². The molecule has 0 fully saturated rings. The van der Waals surface area contributed by atoms with Crippen LogP contribution in [-0.2, 0) is 0 Å². The van der Waals surface area contributed by atoms with E-state index in [9.17, 15) is 9.90 Å². The highest BCUT2D eigenvalue weighted by molar-refractivity contribution is 6.04. The van der Waals surface area contributed by atoms with Gasteiger partial charge in [-0.15, -0.1) is 0 Å². The Balaban J connectivity index is 1.81. The molecule has 132 valence electrons. The molecule has 0 radical (unpaired) electrons. The molecule has 0 spiro atoms. The summed E-state index contributed by atoms with van der Waals surface area (Å²) < 4.78 is 12.0. The van der Waals surface area contributed by atoms with Crippen LogP contribution in [0.15, 0.2) is 50.9 Å². The molecule has 3 heterocycles. The van der Waals surface area contributed by atoms with Crippen LogP contribution in [0.1, 0.15) is 29.3 Å². The van der Waals surface area contributed by atoms with Crippen molar-refractivity contribution in [3.63, 3.8) is 0 Å². The van der Waals surface area contributed by atoms with Crippen molar-refractivity contribution in [3.05, 3.63) is 64.0 Å². The highest BCUT2D eigenvalue weighted by atomic mass is 16.5. The van der Waals surface area contributed by atoms with Crippen LogP contribution in [0.3, 0.4) is 0 Å². The van der Waals surface area contributed by atoms with Gasteiger partial charge < -0.3 is 14.3 Å². The molecule has 1 atom stereocenters. The Morgan fingerprint density at radius 2 is 2.08 bits per heavy atom. The van der Waals surface area contributed by atoms with Gasteiger partial charge in [0, 0.05) is 12.5 Å². The van der Waals surface area contributed by atoms with Gasteiger partial charge in [0.05, 0.1) is 18.9 Å². The fourth-order valence-corrected chi connectivity index (χ4v) is 3.08. The summed E-state index contributed by atoms with van der Waals surface area (Å²) in [4.78, 5) is 20.8. The largest absolute Gasteiger partial charge is 0.507 e. The number of ether oxygens (including phenoxy) is 1. The summed E-state index contributed by atoms with van der Waals surface area (Å²) in [7, 11) is 1.61. The van der Waals surface area contributed by atoms with Gasteiger partial charge >= 0.3 is 5.63 Å². The number of aliphatic imine (C=N–C) groups is 1. The molecule has 1 aliphatic heterocycles. The zero-order valence-electron chi connectivity index (χ0n) is 14.2. The molecule has 2 aromatic heterocycles. The Morgan fingerprint density at radius 1 is 1.31 bits per heavy atom. The molecule has 1 aliphatic rings. The number of aryl methyl sites for hydroxylation is 1. The predicted molar refractivity (Wildman–Crippen MR) is 93.3 cm³/mol. The number of rotatable bonds is 3. The van der Waals surface area contributed by atoms with Gasteiger partial charge in [0.25, 0.3) is 0 Å². The number of benzene rings is 1. The standard InChI is InChI=1S/C18H16N4O4/c1-10-7-15(23)16(17(24)26-10)13-8-14(22-18(21-13)19-9-20-22)11-3-5-12(25-2)6-4-11/h3-7,9,14,23H,8H2,1-2H3/t14-/m0/s1. The third-order valence-corrected chi connectivity index (χ3v) is 4.31. The third kappa shape index (κ3) is 2.65. The topological polar surface area (TPSA) is 103 Å². The van der Waals surface area contributed by atoms with E-state index in [-0.39, 0.29) is 17.4 Å². The van der Waals surface area contributed by atoms with E-state index in [2.05, 4.69) is 15.1 Å². The van der Waals surface area contributed by atoms with E-state index in [1.807, 2.05) is 24.3 Å². The maximum Gasteiger partial charge on any atom is 0.348 e. The molecule has 0 bridgehead atoms. The number of fused-ring (bicyclic) bond motifs is 1. The molecule has 8 nitrogen and oxygen atoms in total. The fourth-order valence-electron chi connectivity index (χ4n) is 3.08. The van der Waals surface area contributed by atoms with E-state index < -0.39 is 5.63 Å². The summed E-state index contributed by atoms with van der Waals surface area (Å²) in [5.41, 5.74) is 0.810. The average Bonchev–Trinajstić information content (AvgIpc) is 3.09. The van der Waals surface area contributed by atoms with Crippen LogP contribution in [0.5, 0.6) is 11.5 Å². The van der Waals surface area contributed by atoms with E-state index in [0.717, 1.165) is 11.3 Å². The number of aromatic hydroxyl groups is 1. The van der Waals surface area contributed by atoms with Gasteiger partial charge in [-0.2, -0.15) is 10.1 Å². The van der Waals surface area contributed by atoms with Crippen molar-refractivity contribution < 1.29 is 14.3 Å². The molecule has 26 heavy (non-hydrogen) atoms. The number of hydrogen-bond donors (Lipinski definition) is 1. The van der Waals surface area contributed by atoms with Crippen LogP contribution in [0.2, 0.25) is 0 Å². The minimum Gasteiger partial charge on any atom is -0.507 e. The second-order valence-electron chi connectivity index (χ2n) is 5.96. The van der Waals surface area contributed by atoms with Crippen molar-refractivity contribution in [2.24, 2.45) is 4.99 Å². The van der Waals surface area contributed by atoms with Crippen molar-refractivity contribution >= 4 is 11.7 Å². The van der Waals surface area contributed by atoms with Crippen LogP contribution in [0, 0.1) is 6.92 Å². The number of hydrogen-bond acceptors (Lipinski definition) is 7. The summed E-state index contributed by atoms with van der Waals surface area (Å²) in [6.07, 6.45) is 1.78. The highest BCUT2D eigenvalue weighted by Gasteiger charge is 2.29. The van der Waals surface area contributed by atoms with Crippen molar-refractivity contribution in [3.8, 4) is 11.5 Å². The van der Waals surface area contributed by atoms with Crippen LogP contribution in [-0.4, -0.2) is 32.7 Å². The molecule has 4 rings (SSSR count). The van der Waals surface area contributed by atoms with Gasteiger partial charge in [-0.05, 0) is 24.6 Å². The molecule has 1 N–H and O–H groups in total. The Labute approximate surface area is 148 Å². The molecule has 0 saturated heterocycles. The first-order valence-electron chi connectivity index (χ1n) is 8.02. The lowest BCUT2D eigenvalue weighted by atomic mass is 9.96. The van der Waals surface area contributed by atoms with Gasteiger partial charge in [-0.1, -0.05) is 12.1 Å². The summed E-state index contributed by atoms with van der Waals surface area (Å²) in [5.74, 6) is 1.29. The third-order valence-electron chi connectivity index (χ3n) is 4.31. The van der Waals surface area contributed by atoms with Gasteiger partial charge in [0.2, 0.25) is 5.95 Å². The second kappa shape index (κ2) is 6.14. The molecular formula is C18H16N4O4. The Bertz CT molecular complexity index is 1050. The van der Waals surface area contributed by atoms with Crippen LogP contribution >= 0.6 is 0 Å². The molecule has 0 aliphatic carbocycles. The first kappa shape index (κ1) is 16.1. The normalized spacial score (nSPS) is 16.1. The van der Waals surface area contributed by atoms with Gasteiger partial charge in [0.1, 0.15) is 29.2 Å². The number of nitrogens with zero attached hydrogens (tertiary/aromatic N) is 4. The van der Waals surface area contributed by atoms with Gasteiger partial charge in [-0.3, -0.25) is 0 Å². The lowest BCUT2D eigenvalue weighted by molar-refractivity contribution is 0.414. The second-order valence-corrected chi connectivity index (χ2v) is 5.96. The SMILES string of the molecule is COc1ccc([C@@H]2CC(c3c(O)cc(C)oc3=O)=Nc3ncnn32)cc1. The lowest BCUT2D eigenvalue weighted by Crippen LogP contribution is -2.25. The monoisotopic (exact) mass is 352 g/mol. The lowest BCUT2D eigenvalue weighted by Gasteiger charge is -2.23. The molecule has 0 unspecified atom stereocenters. The maximum atomic E-state index is 12.3. The van der Waals surface area contributed by atoms with E-state index in [0.29, 0.717) is 23.8 Å². The molecule has 0 amide bonds. The quantitative estimate of drug-likeness (QED) is 0.776. The Hall–Kier alpha value is -3.42. The minimum absolute atomic E-state index is 0.0587. The molecular weight excluding hydrogens is 336 g/mol. The van der Waals surface area contributed by atoms with Crippen LogP contribution < -0.4 is 10.4 Å². The minimum atomic E-state index is -0.623.